The molecule has 0 atom stereocenters. The molecular formula is C41H30BN3. The molecule has 0 aliphatic carbocycles. The van der Waals surface area contributed by atoms with E-state index in [2.05, 4.69) is 162 Å². The van der Waals surface area contributed by atoms with Gasteiger partial charge in [-0.25, -0.2) is 0 Å². The summed E-state index contributed by atoms with van der Waals surface area (Å²) in [6, 6.07) is 47.3. The van der Waals surface area contributed by atoms with Crippen LogP contribution in [0, 0.1) is 13.8 Å². The van der Waals surface area contributed by atoms with Crippen LogP contribution in [0.3, 0.4) is 0 Å². The highest BCUT2D eigenvalue weighted by atomic mass is 15.1. The molecular weight excluding hydrogens is 545 g/mol. The summed E-state index contributed by atoms with van der Waals surface area (Å²) in [5.41, 5.74) is 18.1. The third kappa shape index (κ3) is 3.16. The number of hydrogen-bond donors (Lipinski definition) is 0. The fourth-order valence-corrected chi connectivity index (χ4v) is 8.40. The molecule has 0 fully saturated rings. The van der Waals surface area contributed by atoms with E-state index in [4.69, 9.17) is 0 Å². The van der Waals surface area contributed by atoms with Crippen LogP contribution in [0.1, 0.15) is 11.3 Å². The Bertz CT molecular complexity index is 2500. The molecule has 0 amide bonds. The first-order valence-electron chi connectivity index (χ1n) is 15.8. The van der Waals surface area contributed by atoms with E-state index in [0.717, 1.165) is 0 Å². The van der Waals surface area contributed by atoms with E-state index in [0.29, 0.717) is 0 Å². The predicted octanol–water partition coefficient (Wildman–Crippen LogP) is 7.92. The molecule has 2 aromatic heterocycles. The normalized spacial score (nSPS) is 13.1. The van der Waals surface area contributed by atoms with Crippen molar-refractivity contribution in [3.05, 3.63) is 139 Å². The molecule has 3 nitrogen and oxygen atoms in total. The Hall–Kier alpha value is -5.48. The molecule has 0 radical (unpaired) electrons. The molecule has 45 heavy (non-hydrogen) atoms. The van der Waals surface area contributed by atoms with E-state index in [1.54, 1.807) is 0 Å². The van der Waals surface area contributed by atoms with Gasteiger partial charge < -0.3 is 14.0 Å². The maximum Gasteiger partial charge on any atom is 0.252 e. The summed E-state index contributed by atoms with van der Waals surface area (Å²) in [5.74, 6) is 0. The summed E-state index contributed by atoms with van der Waals surface area (Å²) in [4.78, 5) is 2.40. The van der Waals surface area contributed by atoms with Gasteiger partial charge in [-0.2, -0.15) is 0 Å². The number of benzene rings is 6. The molecule has 2 aliphatic heterocycles. The van der Waals surface area contributed by atoms with Crippen LogP contribution in [0.4, 0.5) is 11.4 Å². The third-order valence-electron chi connectivity index (χ3n) is 10.5. The SMILES string of the molecule is Cc1c(C)n2c3c(cccc13)B1c3ccccc3N(C)c3cc(-c4cccc(-n5c6ccccc6c6ccccc65)c4)cc-2c31. The molecule has 0 N–H and O–H groups in total. The molecule has 0 unspecified atom stereocenters. The topological polar surface area (TPSA) is 13.1 Å². The monoisotopic (exact) mass is 575 g/mol. The van der Waals surface area contributed by atoms with Crippen LogP contribution >= 0.6 is 0 Å². The van der Waals surface area contributed by atoms with Crippen molar-refractivity contribution in [2.24, 2.45) is 0 Å². The first-order chi connectivity index (χ1) is 22.1. The van der Waals surface area contributed by atoms with E-state index in [9.17, 15) is 0 Å². The van der Waals surface area contributed by atoms with Crippen molar-refractivity contribution in [2.45, 2.75) is 13.8 Å². The van der Waals surface area contributed by atoms with Gasteiger partial charge >= 0.3 is 0 Å². The lowest BCUT2D eigenvalue weighted by Gasteiger charge is -2.39. The highest BCUT2D eigenvalue weighted by Gasteiger charge is 2.40. The Morgan fingerprint density at radius 2 is 1.16 bits per heavy atom. The van der Waals surface area contributed by atoms with Gasteiger partial charge in [0.2, 0.25) is 0 Å². The molecule has 0 saturated carbocycles. The number of nitrogens with zero attached hydrogens (tertiary/aromatic N) is 3. The van der Waals surface area contributed by atoms with Crippen molar-refractivity contribution in [2.75, 3.05) is 11.9 Å². The largest absolute Gasteiger partial charge is 0.345 e. The van der Waals surface area contributed by atoms with Gasteiger partial charge in [0, 0.05) is 57.2 Å². The zero-order valence-electron chi connectivity index (χ0n) is 25.5. The highest BCUT2D eigenvalue weighted by Crippen LogP contribution is 2.39. The smallest absolute Gasteiger partial charge is 0.252 e. The molecule has 4 heteroatoms. The lowest BCUT2D eigenvalue weighted by atomic mass is 9.34. The van der Waals surface area contributed by atoms with Crippen molar-refractivity contribution >= 4 is 67.2 Å². The summed E-state index contributed by atoms with van der Waals surface area (Å²) in [7, 11) is 2.23. The Labute approximate surface area is 262 Å². The van der Waals surface area contributed by atoms with Crippen molar-refractivity contribution in [3.63, 3.8) is 0 Å². The summed E-state index contributed by atoms with van der Waals surface area (Å²) in [6.45, 7) is 4.75. The van der Waals surface area contributed by atoms with E-state index in [-0.39, 0.29) is 6.71 Å². The Morgan fingerprint density at radius 3 is 1.96 bits per heavy atom. The number of rotatable bonds is 2. The summed E-state index contributed by atoms with van der Waals surface area (Å²) < 4.78 is 4.95. The van der Waals surface area contributed by atoms with Gasteiger partial charge in [-0.3, -0.25) is 0 Å². The maximum atomic E-state index is 2.54. The van der Waals surface area contributed by atoms with Crippen LogP contribution in [-0.2, 0) is 0 Å². The van der Waals surface area contributed by atoms with Crippen LogP contribution < -0.4 is 21.3 Å². The number of anilines is 2. The number of fused-ring (bicyclic) bond motifs is 7. The Balaban J connectivity index is 1.26. The molecule has 6 aromatic carbocycles. The Morgan fingerprint density at radius 1 is 0.511 bits per heavy atom. The van der Waals surface area contributed by atoms with E-state index < -0.39 is 0 Å². The average Bonchev–Trinajstić information content (AvgIpc) is 3.56. The van der Waals surface area contributed by atoms with E-state index in [1.165, 1.54) is 94.2 Å². The average molecular weight is 576 g/mol. The number of para-hydroxylation sites is 4. The zero-order valence-corrected chi connectivity index (χ0v) is 25.5. The molecule has 0 saturated heterocycles. The van der Waals surface area contributed by atoms with Crippen molar-refractivity contribution in [3.8, 4) is 22.5 Å². The molecule has 4 heterocycles. The van der Waals surface area contributed by atoms with E-state index >= 15 is 0 Å². The molecule has 10 rings (SSSR count). The van der Waals surface area contributed by atoms with Gasteiger partial charge in [0.15, 0.2) is 0 Å². The molecule has 8 aromatic rings. The van der Waals surface area contributed by atoms with Gasteiger partial charge in [0.25, 0.3) is 6.71 Å². The lowest BCUT2D eigenvalue weighted by molar-refractivity contribution is 1.04. The fourth-order valence-electron chi connectivity index (χ4n) is 8.40. The molecule has 0 spiro atoms. The van der Waals surface area contributed by atoms with Gasteiger partial charge in [-0.15, -0.1) is 0 Å². The first kappa shape index (κ1) is 24.9. The lowest BCUT2D eigenvalue weighted by Crippen LogP contribution is -2.60. The van der Waals surface area contributed by atoms with Crippen molar-refractivity contribution < 1.29 is 0 Å². The standard InChI is InChI=1S/C41H30BN3/c1-25-26(2)44-39-24-28(27-12-10-13-29(22-27)45-35-19-7-4-14-31(35)32-15-5-8-20-36(32)45)23-38-40(39)42(34-18-11-16-30(25)41(34)44)33-17-6-9-21-37(33)43(38)3/h4-24H,1-3H3. The minimum Gasteiger partial charge on any atom is -0.345 e. The van der Waals surface area contributed by atoms with Crippen LogP contribution in [0.5, 0.6) is 0 Å². The summed E-state index contributed by atoms with van der Waals surface area (Å²) in [6.07, 6.45) is 0. The second-order valence-electron chi connectivity index (χ2n) is 12.7. The van der Waals surface area contributed by atoms with Crippen LogP contribution in [-0.4, -0.2) is 22.9 Å². The quantitative estimate of drug-likeness (QED) is 0.191. The second kappa shape index (κ2) is 8.80. The number of hydrogen-bond acceptors (Lipinski definition) is 1. The minimum absolute atomic E-state index is 0.199. The summed E-state index contributed by atoms with van der Waals surface area (Å²) in [5, 5.41) is 3.92. The van der Waals surface area contributed by atoms with Crippen molar-refractivity contribution in [1.82, 2.24) is 9.13 Å². The van der Waals surface area contributed by atoms with Crippen LogP contribution in [0.25, 0.3) is 55.2 Å². The maximum absolute atomic E-state index is 2.54. The fraction of sp³-hybridized carbons (Fsp3) is 0.0732. The van der Waals surface area contributed by atoms with Crippen LogP contribution in [0.15, 0.2) is 127 Å². The first-order valence-corrected chi connectivity index (χ1v) is 15.8. The highest BCUT2D eigenvalue weighted by molar-refractivity contribution is 7.00. The molecule has 212 valence electrons. The number of aromatic nitrogens is 2. The minimum atomic E-state index is 0.199. The van der Waals surface area contributed by atoms with Gasteiger partial charge in [-0.05, 0) is 89.4 Å². The Kier molecular flexibility index (Phi) is 4.87. The molecule has 2 aliphatic rings. The van der Waals surface area contributed by atoms with Crippen molar-refractivity contribution in [1.29, 1.82) is 0 Å². The van der Waals surface area contributed by atoms with Gasteiger partial charge in [0.1, 0.15) is 0 Å². The van der Waals surface area contributed by atoms with Crippen LogP contribution in [0.2, 0.25) is 0 Å². The summed E-state index contributed by atoms with van der Waals surface area (Å²) >= 11 is 0. The van der Waals surface area contributed by atoms with Gasteiger partial charge in [0.05, 0.1) is 11.0 Å². The predicted molar refractivity (Wildman–Crippen MR) is 192 cm³/mol. The molecule has 0 bridgehead atoms. The number of aryl methyl sites for hydroxylation is 1. The van der Waals surface area contributed by atoms with Gasteiger partial charge in [-0.1, -0.05) is 84.9 Å². The zero-order chi connectivity index (χ0) is 30.0. The third-order valence-corrected chi connectivity index (χ3v) is 10.5. The van der Waals surface area contributed by atoms with E-state index in [1.807, 2.05) is 0 Å². The second-order valence-corrected chi connectivity index (χ2v) is 12.7.